The summed E-state index contributed by atoms with van der Waals surface area (Å²) in [4.78, 5) is 27.6. The number of aryl methyl sites for hydroxylation is 1. The molecule has 1 aliphatic heterocycles. The highest BCUT2D eigenvalue weighted by Crippen LogP contribution is 2.41. The van der Waals surface area contributed by atoms with Crippen molar-refractivity contribution in [2.45, 2.75) is 19.3 Å². The third-order valence-corrected chi connectivity index (χ3v) is 5.93. The Morgan fingerprint density at radius 3 is 2.62 bits per heavy atom. The molecule has 0 saturated carbocycles. The van der Waals surface area contributed by atoms with Crippen LogP contribution in [0.25, 0.3) is 0 Å². The van der Waals surface area contributed by atoms with E-state index in [-0.39, 0.29) is 5.91 Å². The number of amides is 1. The predicted molar refractivity (Wildman–Crippen MR) is 93.0 cm³/mol. The van der Waals surface area contributed by atoms with E-state index in [1.807, 2.05) is 11.0 Å². The summed E-state index contributed by atoms with van der Waals surface area (Å²) in [7, 11) is 1.67. The van der Waals surface area contributed by atoms with Crippen LogP contribution in [0, 0.1) is 0 Å². The van der Waals surface area contributed by atoms with Gasteiger partial charge in [-0.2, -0.15) is 0 Å². The number of anilines is 1. The lowest BCUT2D eigenvalue weighted by atomic mass is 10.2. The minimum atomic E-state index is 0.0971. The van der Waals surface area contributed by atoms with Crippen molar-refractivity contribution in [3.05, 3.63) is 33.8 Å². The molecular formula is C17H20N4O2S. The van der Waals surface area contributed by atoms with Crippen LogP contribution in [0.15, 0.2) is 18.5 Å². The Balaban J connectivity index is 1.47. The summed E-state index contributed by atoms with van der Waals surface area (Å²) >= 11 is 1.62. The first-order valence-corrected chi connectivity index (χ1v) is 9.09. The molecule has 0 N–H and O–H groups in total. The van der Waals surface area contributed by atoms with E-state index in [4.69, 9.17) is 4.74 Å². The number of nitrogens with zero attached hydrogens (tertiary/aromatic N) is 4. The number of ether oxygens (including phenoxy) is 1. The van der Waals surface area contributed by atoms with Gasteiger partial charge in [0.25, 0.3) is 5.91 Å². The van der Waals surface area contributed by atoms with E-state index in [0.29, 0.717) is 13.1 Å². The highest BCUT2D eigenvalue weighted by Gasteiger charge is 2.30. The first kappa shape index (κ1) is 15.4. The molecule has 2 aliphatic rings. The van der Waals surface area contributed by atoms with Crippen LogP contribution in [0.3, 0.4) is 0 Å². The molecule has 2 aromatic rings. The molecule has 126 valence electrons. The Hall–Kier alpha value is -2.15. The first-order chi connectivity index (χ1) is 11.8. The zero-order chi connectivity index (χ0) is 16.5. The summed E-state index contributed by atoms with van der Waals surface area (Å²) in [5.74, 6) is 1.64. The lowest BCUT2D eigenvalue weighted by molar-refractivity contribution is 0.0748. The normalized spacial score (nSPS) is 17.0. The zero-order valence-corrected chi connectivity index (χ0v) is 14.5. The molecule has 2 aromatic heterocycles. The number of carbonyl (C=O) groups is 1. The van der Waals surface area contributed by atoms with Gasteiger partial charge in [0.1, 0.15) is 10.6 Å². The summed E-state index contributed by atoms with van der Waals surface area (Å²) in [6, 6.07) is 1.81. The predicted octanol–water partition coefficient (Wildman–Crippen LogP) is 2.00. The summed E-state index contributed by atoms with van der Waals surface area (Å²) < 4.78 is 5.56. The average Bonchev–Trinajstić information content (AvgIpc) is 3.23. The van der Waals surface area contributed by atoms with Crippen molar-refractivity contribution in [1.29, 1.82) is 0 Å². The van der Waals surface area contributed by atoms with E-state index in [1.165, 1.54) is 16.9 Å². The molecule has 0 radical (unpaired) electrons. The van der Waals surface area contributed by atoms with E-state index in [2.05, 4.69) is 14.9 Å². The van der Waals surface area contributed by atoms with Gasteiger partial charge in [-0.1, -0.05) is 0 Å². The number of thiophene rings is 1. The third kappa shape index (κ3) is 2.62. The molecule has 1 amide bonds. The molecule has 4 rings (SSSR count). The van der Waals surface area contributed by atoms with Gasteiger partial charge in [0.05, 0.1) is 7.11 Å². The highest BCUT2D eigenvalue weighted by atomic mass is 32.1. The smallest absolute Gasteiger partial charge is 0.267 e. The summed E-state index contributed by atoms with van der Waals surface area (Å²) in [6.45, 7) is 2.87. The van der Waals surface area contributed by atoms with Gasteiger partial charge >= 0.3 is 0 Å². The monoisotopic (exact) mass is 344 g/mol. The molecule has 3 heterocycles. The molecule has 6 nitrogen and oxygen atoms in total. The second-order valence-corrected chi connectivity index (χ2v) is 7.15. The minimum absolute atomic E-state index is 0.0971. The Labute approximate surface area is 145 Å². The van der Waals surface area contributed by atoms with Crippen molar-refractivity contribution >= 4 is 23.2 Å². The van der Waals surface area contributed by atoms with Gasteiger partial charge in [-0.15, -0.1) is 11.3 Å². The van der Waals surface area contributed by atoms with E-state index >= 15 is 0 Å². The molecule has 0 unspecified atom stereocenters. The fourth-order valence-electron chi connectivity index (χ4n) is 3.44. The summed E-state index contributed by atoms with van der Waals surface area (Å²) in [5, 5.41) is 0. The standard InChI is InChI=1S/C17H20N4O2S/c1-23-14-12-4-2-5-13(12)24-15(14)16(22)20-8-10-21(11-9-20)17-18-6-3-7-19-17/h3,6-7H,2,4-5,8-11H2,1H3. The molecule has 0 aromatic carbocycles. The fourth-order valence-corrected chi connectivity index (χ4v) is 4.77. The Kier molecular flexibility index (Phi) is 4.10. The highest BCUT2D eigenvalue weighted by molar-refractivity contribution is 7.14. The number of hydrogen-bond acceptors (Lipinski definition) is 6. The number of fused-ring (bicyclic) bond motifs is 1. The maximum Gasteiger partial charge on any atom is 0.267 e. The number of methoxy groups -OCH3 is 1. The van der Waals surface area contributed by atoms with E-state index in [0.717, 1.165) is 42.5 Å². The van der Waals surface area contributed by atoms with Gasteiger partial charge in [-0.25, -0.2) is 9.97 Å². The van der Waals surface area contributed by atoms with Crippen molar-refractivity contribution in [3.8, 4) is 5.75 Å². The van der Waals surface area contributed by atoms with Crippen LogP contribution in [0.1, 0.15) is 26.5 Å². The lowest BCUT2D eigenvalue weighted by Crippen LogP contribution is -2.49. The zero-order valence-electron chi connectivity index (χ0n) is 13.7. The van der Waals surface area contributed by atoms with Crippen molar-refractivity contribution in [2.24, 2.45) is 0 Å². The molecule has 24 heavy (non-hydrogen) atoms. The number of rotatable bonds is 3. The fraction of sp³-hybridized carbons (Fsp3) is 0.471. The lowest BCUT2D eigenvalue weighted by Gasteiger charge is -2.34. The van der Waals surface area contributed by atoms with Crippen molar-refractivity contribution < 1.29 is 9.53 Å². The molecule has 0 atom stereocenters. The quantitative estimate of drug-likeness (QED) is 0.852. The topological polar surface area (TPSA) is 58.6 Å². The van der Waals surface area contributed by atoms with Crippen LogP contribution in [-0.4, -0.2) is 54.1 Å². The maximum atomic E-state index is 12.9. The van der Waals surface area contributed by atoms with E-state index < -0.39 is 0 Å². The SMILES string of the molecule is COc1c(C(=O)N2CCN(c3ncccn3)CC2)sc2c1CCC2. The van der Waals surface area contributed by atoms with Crippen LogP contribution in [-0.2, 0) is 12.8 Å². The van der Waals surface area contributed by atoms with E-state index in [1.54, 1.807) is 30.8 Å². The summed E-state index contributed by atoms with van der Waals surface area (Å²) in [6.07, 6.45) is 6.77. The van der Waals surface area contributed by atoms with Crippen molar-refractivity contribution in [1.82, 2.24) is 14.9 Å². The molecule has 0 spiro atoms. The van der Waals surface area contributed by atoms with Gasteiger partial charge in [0, 0.05) is 49.0 Å². The minimum Gasteiger partial charge on any atom is -0.495 e. The maximum absolute atomic E-state index is 12.9. The van der Waals surface area contributed by atoms with Crippen LogP contribution >= 0.6 is 11.3 Å². The Morgan fingerprint density at radius 1 is 1.17 bits per heavy atom. The van der Waals surface area contributed by atoms with Crippen LogP contribution in [0.5, 0.6) is 5.75 Å². The molecule has 1 aliphatic carbocycles. The van der Waals surface area contributed by atoms with Crippen molar-refractivity contribution in [3.63, 3.8) is 0 Å². The van der Waals surface area contributed by atoms with E-state index in [9.17, 15) is 4.79 Å². The van der Waals surface area contributed by atoms with Crippen LogP contribution in [0.2, 0.25) is 0 Å². The largest absolute Gasteiger partial charge is 0.495 e. The first-order valence-electron chi connectivity index (χ1n) is 8.27. The van der Waals surface area contributed by atoms with Gasteiger partial charge < -0.3 is 14.5 Å². The molecular weight excluding hydrogens is 324 g/mol. The number of carbonyl (C=O) groups excluding carboxylic acids is 1. The second-order valence-electron chi connectivity index (χ2n) is 6.05. The van der Waals surface area contributed by atoms with Crippen LogP contribution in [0.4, 0.5) is 5.95 Å². The molecule has 7 heteroatoms. The number of hydrogen-bond donors (Lipinski definition) is 0. The van der Waals surface area contributed by atoms with Gasteiger partial charge in [0.2, 0.25) is 5.95 Å². The molecule has 1 fully saturated rings. The summed E-state index contributed by atoms with van der Waals surface area (Å²) in [5.41, 5.74) is 1.25. The Morgan fingerprint density at radius 2 is 1.92 bits per heavy atom. The third-order valence-electron chi connectivity index (χ3n) is 4.67. The van der Waals surface area contributed by atoms with Crippen LogP contribution < -0.4 is 9.64 Å². The van der Waals surface area contributed by atoms with Gasteiger partial charge in [-0.05, 0) is 25.3 Å². The Bertz CT molecular complexity index is 739. The number of piperazine rings is 1. The molecule has 0 bridgehead atoms. The van der Waals surface area contributed by atoms with Gasteiger partial charge in [-0.3, -0.25) is 4.79 Å². The van der Waals surface area contributed by atoms with Crippen molar-refractivity contribution in [2.75, 3.05) is 38.2 Å². The molecule has 1 saturated heterocycles. The number of aromatic nitrogens is 2. The second kappa shape index (κ2) is 6.39. The average molecular weight is 344 g/mol. The van der Waals surface area contributed by atoms with Gasteiger partial charge in [0.15, 0.2) is 0 Å².